The molecule has 11 nitrogen and oxygen atoms in total. The molecule has 2 aliphatic carbocycles. The first-order valence-corrected chi connectivity index (χ1v) is 17.3. The van der Waals surface area contributed by atoms with Crippen molar-refractivity contribution in [1.82, 2.24) is 29.4 Å². The van der Waals surface area contributed by atoms with E-state index in [0.29, 0.717) is 11.6 Å². The third kappa shape index (κ3) is 6.89. The summed E-state index contributed by atoms with van der Waals surface area (Å²) >= 11 is 6.46. The molecule has 1 aliphatic heterocycles. The van der Waals surface area contributed by atoms with E-state index in [1.165, 1.54) is 23.1 Å². The van der Waals surface area contributed by atoms with Gasteiger partial charge in [-0.05, 0) is 53.5 Å². The lowest BCUT2D eigenvalue weighted by Gasteiger charge is -2.35. The van der Waals surface area contributed by atoms with Gasteiger partial charge in [-0.1, -0.05) is 62.7 Å². The third-order valence-corrected chi connectivity index (χ3v) is 9.88. The summed E-state index contributed by atoms with van der Waals surface area (Å²) in [4.78, 5) is 37.4. The largest absolute Gasteiger partial charge is 0.463 e. The van der Waals surface area contributed by atoms with Crippen molar-refractivity contribution in [3.63, 3.8) is 0 Å². The Hall–Kier alpha value is -4.79. The molecule has 0 saturated heterocycles. The van der Waals surface area contributed by atoms with Gasteiger partial charge in [-0.15, -0.1) is 0 Å². The molecule has 0 radical (unpaired) electrons. The zero-order chi connectivity index (χ0) is 37.2. The lowest BCUT2D eigenvalue weighted by atomic mass is 9.75. The number of amides is 1. The van der Waals surface area contributed by atoms with Gasteiger partial charge in [0.1, 0.15) is 12.9 Å². The molecule has 2 fully saturated rings. The summed E-state index contributed by atoms with van der Waals surface area (Å²) in [5.74, 6) is -6.32. The summed E-state index contributed by atoms with van der Waals surface area (Å²) in [6.45, 7) is 5.39. The number of rotatable bonds is 12. The summed E-state index contributed by atoms with van der Waals surface area (Å²) in [7, 11) is 0. The number of hydrogen-bond donors (Lipinski definition) is 1. The molecule has 0 spiro atoms. The number of benzene rings is 2. The van der Waals surface area contributed by atoms with Gasteiger partial charge < -0.3 is 10.5 Å². The van der Waals surface area contributed by atoms with E-state index in [-0.39, 0.29) is 28.7 Å². The zero-order valence-corrected chi connectivity index (χ0v) is 29.4. The van der Waals surface area contributed by atoms with Crippen molar-refractivity contribution in [3.05, 3.63) is 83.2 Å². The Balaban J connectivity index is 1.26. The fourth-order valence-electron chi connectivity index (χ4n) is 6.77. The number of nitrogens with two attached hydrogens (primary N) is 1. The number of carbonyl (C=O) groups excluding carboxylic acids is 2. The minimum Gasteiger partial charge on any atom is -0.463 e. The zero-order valence-electron chi connectivity index (χ0n) is 28.6. The van der Waals surface area contributed by atoms with Crippen LogP contribution in [-0.4, -0.2) is 59.8 Å². The Labute approximate surface area is 301 Å². The predicted octanol–water partition coefficient (Wildman–Crippen LogP) is 7.17. The highest BCUT2D eigenvalue weighted by Crippen LogP contribution is 2.51. The average Bonchev–Trinajstić information content (AvgIpc) is 3.81. The maximum atomic E-state index is 14.9. The molecular weight excluding hydrogens is 704 g/mol. The minimum absolute atomic E-state index is 0.0182. The maximum Gasteiger partial charge on any atom is 0.306 e. The van der Waals surface area contributed by atoms with Crippen molar-refractivity contribution in [2.75, 3.05) is 6.61 Å². The lowest BCUT2D eigenvalue weighted by Crippen LogP contribution is -2.47. The van der Waals surface area contributed by atoms with Gasteiger partial charge in [-0.25, -0.2) is 32.2 Å². The predicted molar refractivity (Wildman–Crippen MR) is 183 cm³/mol. The second-order valence-electron chi connectivity index (χ2n) is 14.9. The Kier molecular flexibility index (Phi) is 8.91. The number of nitrogens with zero attached hydrogens (tertiary/aromatic N) is 7. The number of guanidine groups is 1. The molecule has 4 aromatic rings. The van der Waals surface area contributed by atoms with Gasteiger partial charge in [0, 0.05) is 24.1 Å². The van der Waals surface area contributed by atoms with Crippen molar-refractivity contribution in [3.8, 4) is 16.8 Å². The monoisotopic (exact) mass is 740 g/mol. The second-order valence-corrected chi connectivity index (χ2v) is 15.3. The summed E-state index contributed by atoms with van der Waals surface area (Å²) in [6, 6.07) is 11.1. The van der Waals surface area contributed by atoms with E-state index in [0.717, 1.165) is 35.0 Å². The molecule has 0 bridgehead atoms. The molecule has 7 rings (SSSR count). The van der Waals surface area contributed by atoms with Crippen molar-refractivity contribution in [1.29, 1.82) is 0 Å². The summed E-state index contributed by atoms with van der Waals surface area (Å²) in [6.07, 6.45) is 3.27. The summed E-state index contributed by atoms with van der Waals surface area (Å²) in [5.41, 5.74) is 7.37. The fraction of sp³-hybridized carbons (Fsp3) is 0.444. The van der Waals surface area contributed by atoms with Crippen molar-refractivity contribution < 1.29 is 31.9 Å². The van der Waals surface area contributed by atoms with Gasteiger partial charge in [0.05, 0.1) is 35.4 Å². The van der Waals surface area contributed by atoms with Crippen molar-refractivity contribution in [2.45, 2.75) is 82.8 Å². The number of halogens is 5. The fourth-order valence-corrected chi connectivity index (χ4v) is 6.96. The molecule has 3 aliphatic rings. The molecule has 16 heteroatoms. The minimum atomic E-state index is -2.98. The SMILES string of the molecule is CC(C)(C)C[C@]1(c2ccc(-c3cnn(C4CC4)c3)cc2)N=C(N)N([C@H](COC(=O)CC2CC2(F)F)c2ccc(Cl)c(-n3ncnc3C(F)F)c2)C1=O. The number of ether oxygens (including phenoxy) is 1. The van der Waals surface area contributed by atoms with Gasteiger partial charge in [-0.2, -0.15) is 10.2 Å². The highest BCUT2D eigenvalue weighted by atomic mass is 35.5. The van der Waals surface area contributed by atoms with E-state index in [1.807, 2.05) is 55.9 Å². The smallest absolute Gasteiger partial charge is 0.306 e. The Bertz CT molecular complexity index is 2040. The van der Waals surface area contributed by atoms with E-state index in [4.69, 9.17) is 27.1 Å². The quantitative estimate of drug-likeness (QED) is 0.120. The Morgan fingerprint density at radius 2 is 1.81 bits per heavy atom. The van der Waals surface area contributed by atoms with Crippen LogP contribution in [0.1, 0.15) is 88.3 Å². The summed E-state index contributed by atoms with van der Waals surface area (Å²) < 4.78 is 63.3. The van der Waals surface area contributed by atoms with E-state index < -0.39 is 72.4 Å². The molecule has 3 atom stereocenters. The first-order valence-electron chi connectivity index (χ1n) is 16.9. The molecule has 1 amide bonds. The molecular formula is C36H37ClF4N8O3. The molecule has 2 N–H and O–H groups in total. The molecule has 2 aromatic heterocycles. The molecule has 2 aromatic carbocycles. The number of aliphatic imine (C=N–C) groups is 1. The van der Waals surface area contributed by atoms with Crippen LogP contribution in [0.15, 0.2) is 66.2 Å². The van der Waals surface area contributed by atoms with Crippen LogP contribution >= 0.6 is 11.6 Å². The summed E-state index contributed by atoms with van der Waals surface area (Å²) in [5, 5.41) is 8.45. The van der Waals surface area contributed by atoms with E-state index >= 15 is 0 Å². The van der Waals surface area contributed by atoms with Crippen LogP contribution < -0.4 is 5.73 Å². The lowest BCUT2D eigenvalue weighted by molar-refractivity contribution is -0.148. The Morgan fingerprint density at radius 1 is 1.10 bits per heavy atom. The van der Waals surface area contributed by atoms with Gasteiger partial charge in [0.2, 0.25) is 0 Å². The van der Waals surface area contributed by atoms with Gasteiger partial charge in [0.15, 0.2) is 17.3 Å². The first-order chi connectivity index (χ1) is 24.6. The highest BCUT2D eigenvalue weighted by molar-refractivity contribution is 6.32. The molecule has 52 heavy (non-hydrogen) atoms. The molecule has 2 saturated carbocycles. The Morgan fingerprint density at radius 3 is 2.44 bits per heavy atom. The van der Waals surface area contributed by atoms with Gasteiger partial charge in [-0.3, -0.25) is 19.2 Å². The number of aromatic nitrogens is 5. The second kappa shape index (κ2) is 13.0. The molecule has 274 valence electrons. The molecule has 1 unspecified atom stereocenters. The van der Waals surface area contributed by atoms with Crippen LogP contribution in [0.3, 0.4) is 0 Å². The van der Waals surface area contributed by atoms with Crippen LogP contribution in [0.2, 0.25) is 5.02 Å². The van der Waals surface area contributed by atoms with Gasteiger partial charge >= 0.3 is 5.97 Å². The van der Waals surface area contributed by atoms with E-state index in [9.17, 15) is 27.2 Å². The number of alkyl halides is 4. The van der Waals surface area contributed by atoms with Crippen LogP contribution in [0.4, 0.5) is 17.6 Å². The highest BCUT2D eigenvalue weighted by Gasteiger charge is 2.58. The first kappa shape index (κ1) is 35.6. The van der Waals surface area contributed by atoms with E-state index in [2.05, 4.69) is 15.2 Å². The van der Waals surface area contributed by atoms with Crippen molar-refractivity contribution in [2.24, 2.45) is 22.1 Å². The number of hydrogen-bond acceptors (Lipinski definition) is 8. The van der Waals surface area contributed by atoms with Gasteiger partial charge in [0.25, 0.3) is 18.3 Å². The van der Waals surface area contributed by atoms with Crippen LogP contribution in [0.5, 0.6) is 0 Å². The van der Waals surface area contributed by atoms with E-state index in [1.54, 1.807) is 6.20 Å². The number of carbonyl (C=O) groups is 2. The third-order valence-electron chi connectivity index (χ3n) is 9.56. The van der Waals surface area contributed by atoms with Crippen LogP contribution in [-0.2, 0) is 19.9 Å². The standard InChI is InChI=1S/C36H37ClF4N8O3/c1-34(2,3)18-35(23-7-4-20(5-8-23)22-15-44-47(16-22)25-9-10-25)32(51)48(33(42)46-35)28(17-52-29(50)13-24-14-36(24,40)41)21-6-11-26(37)27(12-21)49-31(30(38)39)43-19-45-49/h4-8,11-12,15-16,19,24-25,28,30H,9-10,13-14,17-18H2,1-3H3,(H2,42,46)/t24?,28-,35-/m1/s1. The van der Waals surface area contributed by atoms with Crippen LogP contribution in [0.25, 0.3) is 16.8 Å². The average molecular weight is 741 g/mol. The van der Waals surface area contributed by atoms with Crippen molar-refractivity contribution >= 4 is 29.4 Å². The number of esters is 1. The topological polar surface area (TPSA) is 134 Å². The maximum absolute atomic E-state index is 14.9. The normalized spacial score (nSPS) is 21.8. The van der Waals surface area contributed by atoms with Crippen LogP contribution in [0, 0.1) is 11.3 Å². The molecule has 3 heterocycles.